The summed E-state index contributed by atoms with van der Waals surface area (Å²) in [6.45, 7) is 5.47. The average molecular weight is 464 g/mol. The van der Waals surface area contributed by atoms with E-state index in [2.05, 4.69) is 17.0 Å². The first kappa shape index (κ1) is 24.9. The molecule has 2 aromatic carbocycles. The number of anilines is 2. The first-order valence-corrected chi connectivity index (χ1v) is 11.2. The van der Waals surface area contributed by atoms with Crippen molar-refractivity contribution >= 4 is 23.5 Å². The number of hydrogen-bond donors (Lipinski definition) is 3. The summed E-state index contributed by atoms with van der Waals surface area (Å²) in [7, 11) is 5.86. The van der Waals surface area contributed by atoms with Crippen LogP contribution in [0, 0.1) is 6.92 Å². The number of aromatic nitrogens is 2. The van der Waals surface area contributed by atoms with Gasteiger partial charge in [0.2, 0.25) is 0 Å². The number of amides is 1. The molecule has 1 heterocycles. The Hall–Kier alpha value is -3.78. The van der Waals surface area contributed by atoms with Crippen LogP contribution in [0.4, 0.5) is 11.4 Å². The SMILES string of the molecule is C=Cn1[nH]c(C(=O)N[C@@H](Cc2ccccc2)[C@H](O)CN(C)c2cccc(N(C)C)c2)c(C)c1=O. The minimum absolute atomic E-state index is 0.155. The van der Waals surface area contributed by atoms with Crippen LogP contribution in [0.5, 0.6) is 0 Å². The van der Waals surface area contributed by atoms with Gasteiger partial charge in [0, 0.05) is 50.8 Å². The van der Waals surface area contributed by atoms with Crippen LogP contribution in [0.3, 0.4) is 0 Å². The van der Waals surface area contributed by atoms with Crippen molar-refractivity contribution in [2.24, 2.45) is 0 Å². The summed E-state index contributed by atoms with van der Waals surface area (Å²) in [5.41, 5.74) is 3.11. The minimum Gasteiger partial charge on any atom is -0.389 e. The third-order valence-corrected chi connectivity index (χ3v) is 5.88. The van der Waals surface area contributed by atoms with Gasteiger partial charge in [0.05, 0.1) is 12.1 Å². The number of aromatic amines is 1. The lowest BCUT2D eigenvalue weighted by molar-refractivity contribution is 0.0838. The molecule has 3 N–H and O–H groups in total. The molecule has 0 bridgehead atoms. The molecule has 0 saturated carbocycles. The number of carbonyl (C=O) groups excluding carboxylic acids is 1. The first-order valence-electron chi connectivity index (χ1n) is 11.2. The molecule has 2 atom stereocenters. The summed E-state index contributed by atoms with van der Waals surface area (Å²) in [6, 6.07) is 17.1. The summed E-state index contributed by atoms with van der Waals surface area (Å²) in [6.07, 6.45) is 0.884. The number of carbonyl (C=O) groups is 1. The highest BCUT2D eigenvalue weighted by Gasteiger charge is 2.26. The van der Waals surface area contributed by atoms with Crippen LogP contribution in [-0.4, -0.2) is 60.6 Å². The third kappa shape index (κ3) is 5.77. The van der Waals surface area contributed by atoms with E-state index in [1.54, 1.807) is 6.92 Å². The van der Waals surface area contributed by atoms with Crippen LogP contribution >= 0.6 is 0 Å². The van der Waals surface area contributed by atoms with Crippen molar-refractivity contribution in [2.45, 2.75) is 25.5 Å². The molecule has 0 aliphatic heterocycles. The van der Waals surface area contributed by atoms with Crippen LogP contribution in [0.15, 0.2) is 66.0 Å². The van der Waals surface area contributed by atoms with Gasteiger partial charge in [0.1, 0.15) is 5.69 Å². The quantitative estimate of drug-likeness (QED) is 0.430. The molecule has 8 heteroatoms. The molecule has 0 unspecified atom stereocenters. The summed E-state index contributed by atoms with van der Waals surface area (Å²) in [5.74, 6) is -0.451. The lowest BCUT2D eigenvalue weighted by atomic mass is 10.00. The highest BCUT2D eigenvalue weighted by molar-refractivity contribution is 5.93. The minimum atomic E-state index is -0.870. The lowest BCUT2D eigenvalue weighted by Crippen LogP contribution is -2.49. The molecule has 0 saturated heterocycles. The predicted octanol–water partition coefficient (Wildman–Crippen LogP) is 2.49. The number of aliphatic hydroxyl groups excluding tert-OH is 1. The topological polar surface area (TPSA) is 93.6 Å². The van der Waals surface area contributed by atoms with Gasteiger partial charge in [-0.05, 0) is 37.1 Å². The number of nitrogens with zero attached hydrogens (tertiary/aromatic N) is 3. The van der Waals surface area contributed by atoms with E-state index in [9.17, 15) is 14.7 Å². The zero-order valence-electron chi connectivity index (χ0n) is 20.2. The van der Waals surface area contributed by atoms with Crippen molar-refractivity contribution in [2.75, 3.05) is 37.5 Å². The second-order valence-corrected chi connectivity index (χ2v) is 8.60. The zero-order valence-corrected chi connectivity index (χ0v) is 20.2. The van der Waals surface area contributed by atoms with Crippen molar-refractivity contribution in [1.29, 1.82) is 0 Å². The molecule has 1 aromatic heterocycles. The Balaban J connectivity index is 1.82. The van der Waals surface area contributed by atoms with E-state index in [1.807, 2.05) is 85.5 Å². The summed E-state index contributed by atoms with van der Waals surface area (Å²) < 4.78 is 1.17. The van der Waals surface area contributed by atoms with E-state index in [0.717, 1.165) is 16.9 Å². The Morgan fingerprint density at radius 2 is 1.82 bits per heavy atom. The Morgan fingerprint density at radius 1 is 1.15 bits per heavy atom. The van der Waals surface area contributed by atoms with Gasteiger partial charge in [0.15, 0.2) is 0 Å². The zero-order chi connectivity index (χ0) is 24.8. The van der Waals surface area contributed by atoms with Gasteiger partial charge in [0.25, 0.3) is 11.5 Å². The standard InChI is InChI=1S/C26H33N5O3/c1-6-31-26(34)18(2)24(28-31)25(33)27-22(15-19-11-8-7-9-12-19)23(32)17-30(5)21-14-10-13-20(16-21)29(3)4/h6-14,16,22-23,28,32H,1,15,17H2,2-5H3,(H,27,33)/t22-,23+/m0/s1. The fourth-order valence-corrected chi connectivity index (χ4v) is 3.81. The molecular formula is C26H33N5O3. The number of benzene rings is 2. The van der Waals surface area contributed by atoms with Crippen LogP contribution in [0.2, 0.25) is 0 Å². The van der Waals surface area contributed by atoms with Crippen molar-refractivity contribution in [3.63, 3.8) is 0 Å². The van der Waals surface area contributed by atoms with Crippen LogP contribution < -0.4 is 20.7 Å². The van der Waals surface area contributed by atoms with Crippen molar-refractivity contribution in [3.8, 4) is 0 Å². The molecule has 8 nitrogen and oxygen atoms in total. The lowest BCUT2D eigenvalue weighted by Gasteiger charge is -2.29. The van der Waals surface area contributed by atoms with Gasteiger partial charge in [-0.1, -0.05) is 43.0 Å². The largest absolute Gasteiger partial charge is 0.389 e. The molecule has 0 fully saturated rings. The third-order valence-electron chi connectivity index (χ3n) is 5.88. The maximum Gasteiger partial charge on any atom is 0.274 e. The Kier molecular flexibility index (Phi) is 7.96. The Labute approximate surface area is 200 Å². The molecule has 3 aromatic rings. The van der Waals surface area contributed by atoms with Gasteiger partial charge in [-0.3, -0.25) is 14.7 Å². The first-order chi connectivity index (χ1) is 16.2. The van der Waals surface area contributed by atoms with Crippen molar-refractivity contribution in [3.05, 3.63) is 88.4 Å². The number of aliphatic hydroxyl groups is 1. The highest BCUT2D eigenvalue weighted by Crippen LogP contribution is 2.21. The summed E-state index contributed by atoms with van der Waals surface area (Å²) in [4.78, 5) is 29.3. The van der Waals surface area contributed by atoms with E-state index in [-0.39, 0.29) is 11.3 Å². The van der Waals surface area contributed by atoms with Crippen LogP contribution in [-0.2, 0) is 6.42 Å². The van der Waals surface area contributed by atoms with Gasteiger partial charge in [-0.2, -0.15) is 0 Å². The van der Waals surface area contributed by atoms with E-state index in [0.29, 0.717) is 18.5 Å². The number of nitrogens with one attached hydrogen (secondary N) is 2. The second-order valence-electron chi connectivity index (χ2n) is 8.60. The van der Waals surface area contributed by atoms with E-state index >= 15 is 0 Å². The average Bonchev–Trinajstić information content (AvgIpc) is 3.13. The highest BCUT2D eigenvalue weighted by atomic mass is 16.3. The van der Waals surface area contributed by atoms with Crippen molar-refractivity contribution < 1.29 is 9.90 Å². The summed E-state index contributed by atoms with van der Waals surface area (Å²) >= 11 is 0. The Morgan fingerprint density at radius 3 is 2.44 bits per heavy atom. The molecular weight excluding hydrogens is 430 g/mol. The number of likely N-dealkylation sites (N-methyl/N-ethyl adjacent to an activating group) is 1. The maximum atomic E-state index is 13.1. The fraction of sp³-hybridized carbons (Fsp3) is 0.308. The molecule has 3 rings (SSSR count). The molecule has 0 aliphatic rings. The van der Waals surface area contributed by atoms with Gasteiger partial charge in [-0.25, -0.2) is 4.68 Å². The molecule has 0 radical (unpaired) electrons. The van der Waals surface area contributed by atoms with Gasteiger partial charge in [-0.15, -0.1) is 0 Å². The molecule has 34 heavy (non-hydrogen) atoms. The second kappa shape index (κ2) is 10.9. The van der Waals surface area contributed by atoms with Crippen molar-refractivity contribution in [1.82, 2.24) is 15.1 Å². The van der Waals surface area contributed by atoms with E-state index in [1.165, 1.54) is 10.9 Å². The van der Waals surface area contributed by atoms with Gasteiger partial charge >= 0.3 is 0 Å². The smallest absolute Gasteiger partial charge is 0.274 e. The molecule has 0 aliphatic carbocycles. The van der Waals surface area contributed by atoms with Gasteiger partial charge < -0.3 is 20.2 Å². The van der Waals surface area contributed by atoms with E-state index in [4.69, 9.17) is 0 Å². The molecule has 1 amide bonds. The van der Waals surface area contributed by atoms with E-state index < -0.39 is 18.1 Å². The molecule has 0 spiro atoms. The van der Waals surface area contributed by atoms with Crippen LogP contribution in [0.1, 0.15) is 21.6 Å². The monoisotopic (exact) mass is 463 g/mol. The van der Waals surface area contributed by atoms with Crippen LogP contribution in [0.25, 0.3) is 6.20 Å². The Bertz CT molecular complexity index is 1180. The fourth-order valence-electron chi connectivity index (χ4n) is 3.81. The number of hydrogen-bond acceptors (Lipinski definition) is 5. The number of H-pyrrole nitrogens is 1. The predicted molar refractivity (Wildman–Crippen MR) is 138 cm³/mol. The number of rotatable bonds is 10. The normalized spacial score (nSPS) is 12.6. The molecule has 180 valence electrons. The maximum absolute atomic E-state index is 13.1. The summed E-state index contributed by atoms with van der Waals surface area (Å²) in [5, 5.41) is 16.9.